The van der Waals surface area contributed by atoms with Crippen LogP contribution in [0.1, 0.15) is 26.3 Å². The van der Waals surface area contributed by atoms with Gasteiger partial charge in [0.1, 0.15) is 5.82 Å². The number of halogens is 4. The second kappa shape index (κ2) is 5.71. The number of alkyl halides is 3. The molecule has 0 aliphatic carbocycles. The van der Waals surface area contributed by atoms with Crippen molar-refractivity contribution in [3.63, 3.8) is 0 Å². The third-order valence-corrected chi connectivity index (χ3v) is 3.04. The number of rotatable bonds is 3. The van der Waals surface area contributed by atoms with Gasteiger partial charge in [0.2, 0.25) is 0 Å². The van der Waals surface area contributed by atoms with Gasteiger partial charge in [-0.15, -0.1) is 0 Å². The largest absolute Gasteiger partial charge is 0.478 e. The summed E-state index contributed by atoms with van der Waals surface area (Å²) in [5, 5.41) is 17.6. The van der Waals surface area contributed by atoms with Crippen LogP contribution in [0.25, 0.3) is 11.1 Å². The van der Waals surface area contributed by atoms with Gasteiger partial charge in [-0.05, 0) is 41.5 Å². The van der Waals surface area contributed by atoms with Crippen LogP contribution in [-0.2, 0) is 6.18 Å². The fourth-order valence-corrected chi connectivity index (χ4v) is 1.95. The predicted octanol–water partition coefficient (Wildman–Crippen LogP) is 3.91. The van der Waals surface area contributed by atoms with Crippen molar-refractivity contribution in [1.82, 2.24) is 0 Å². The molecule has 0 radical (unpaired) electrons. The first-order valence-electron chi connectivity index (χ1n) is 6.08. The summed E-state index contributed by atoms with van der Waals surface area (Å²) in [7, 11) is 0. The van der Waals surface area contributed by atoms with Gasteiger partial charge in [0.25, 0.3) is 0 Å². The van der Waals surface area contributed by atoms with Gasteiger partial charge in [-0.1, -0.05) is 6.07 Å². The van der Waals surface area contributed by atoms with Gasteiger partial charge < -0.3 is 10.2 Å². The standard InChI is InChI=1S/C15H8F4O4/c16-12-6-7(1-2-11(12)14(22)23)8-3-9(13(20)21)5-10(4-8)15(17,18)19/h1-6H,(H,20,21)(H,22,23). The summed E-state index contributed by atoms with van der Waals surface area (Å²) in [6.07, 6.45) is -4.78. The summed E-state index contributed by atoms with van der Waals surface area (Å²) in [6, 6.07) is 4.83. The molecule has 0 aliphatic rings. The van der Waals surface area contributed by atoms with Crippen LogP contribution in [0.4, 0.5) is 17.6 Å². The van der Waals surface area contributed by atoms with Crippen LogP contribution in [0.2, 0.25) is 0 Å². The van der Waals surface area contributed by atoms with Crippen LogP contribution >= 0.6 is 0 Å². The highest BCUT2D eigenvalue weighted by Gasteiger charge is 2.32. The molecule has 0 aromatic heterocycles. The van der Waals surface area contributed by atoms with Crippen LogP contribution in [-0.4, -0.2) is 22.2 Å². The smallest absolute Gasteiger partial charge is 0.416 e. The Balaban J connectivity index is 2.63. The SMILES string of the molecule is O=C(O)c1cc(-c2ccc(C(=O)O)c(F)c2)cc(C(F)(F)F)c1. The molecule has 2 N–H and O–H groups in total. The summed E-state index contributed by atoms with van der Waals surface area (Å²) >= 11 is 0. The molecular formula is C15H8F4O4. The van der Waals surface area contributed by atoms with Crippen molar-refractivity contribution in [2.45, 2.75) is 6.18 Å². The summed E-state index contributed by atoms with van der Waals surface area (Å²) in [5.74, 6) is -4.23. The summed E-state index contributed by atoms with van der Waals surface area (Å²) in [6.45, 7) is 0. The van der Waals surface area contributed by atoms with E-state index < -0.39 is 40.6 Å². The zero-order valence-corrected chi connectivity index (χ0v) is 11.2. The van der Waals surface area contributed by atoms with Crippen LogP contribution in [0.15, 0.2) is 36.4 Å². The van der Waals surface area contributed by atoms with E-state index in [2.05, 4.69) is 0 Å². The lowest BCUT2D eigenvalue weighted by atomic mass is 9.98. The van der Waals surface area contributed by atoms with Gasteiger partial charge in [-0.3, -0.25) is 0 Å². The Morgan fingerprint density at radius 3 is 2.00 bits per heavy atom. The van der Waals surface area contributed by atoms with Gasteiger partial charge in [-0.25, -0.2) is 14.0 Å². The first-order valence-corrected chi connectivity index (χ1v) is 6.08. The molecule has 0 heterocycles. The molecular weight excluding hydrogens is 320 g/mol. The lowest BCUT2D eigenvalue weighted by Gasteiger charge is -2.11. The Morgan fingerprint density at radius 1 is 0.870 bits per heavy atom. The zero-order valence-electron chi connectivity index (χ0n) is 11.2. The van der Waals surface area contributed by atoms with Crippen LogP contribution < -0.4 is 0 Å². The van der Waals surface area contributed by atoms with E-state index in [0.29, 0.717) is 12.1 Å². The molecule has 0 amide bonds. The average Bonchev–Trinajstić information content (AvgIpc) is 2.45. The first kappa shape index (κ1) is 16.5. The molecule has 120 valence electrons. The number of carbonyl (C=O) groups is 2. The molecule has 8 heteroatoms. The first-order chi connectivity index (χ1) is 10.6. The summed E-state index contributed by atoms with van der Waals surface area (Å²) in [4.78, 5) is 21.7. The maximum absolute atomic E-state index is 13.7. The minimum atomic E-state index is -4.78. The Labute approximate surface area is 126 Å². The Hall–Kier alpha value is -2.90. The van der Waals surface area contributed by atoms with E-state index >= 15 is 0 Å². The van der Waals surface area contributed by atoms with Crippen molar-refractivity contribution >= 4 is 11.9 Å². The van der Waals surface area contributed by atoms with E-state index in [0.717, 1.165) is 24.3 Å². The lowest BCUT2D eigenvalue weighted by molar-refractivity contribution is -0.137. The molecule has 0 bridgehead atoms. The van der Waals surface area contributed by atoms with Gasteiger partial charge in [-0.2, -0.15) is 13.2 Å². The van der Waals surface area contributed by atoms with E-state index in [9.17, 15) is 27.2 Å². The topological polar surface area (TPSA) is 74.6 Å². The van der Waals surface area contributed by atoms with Crippen molar-refractivity contribution in [3.8, 4) is 11.1 Å². The molecule has 0 fully saturated rings. The third-order valence-electron chi connectivity index (χ3n) is 3.04. The fraction of sp³-hybridized carbons (Fsp3) is 0.0667. The van der Waals surface area contributed by atoms with Crippen molar-refractivity contribution in [2.24, 2.45) is 0 Å². The van der Waals surface area contributed by atoms with E-state index in [1.165, 1.54) is 0 Å². The molecule has 0 unspecified atom stereocenters. The summed E-state index contributed by atoms with van der Waals surface area (Å²) in [5.41, 5.74) is -2.71. The Kier molecular flexibility index (Phi) is 4.09. The van der Waals surface area contributed by atoms with Crippen molar-refractivity contribution in [3.05, 3.63) is 58.9 Å². The second-order valence-corrected chi connectivity index (χ2v) is 4.60. The van der Waals surface area contributed by atoms with Crippen LogP contribution in [0, 0.1) is 5.82 Å². The highest BCUT2D eigenvalue weighted by Crippen LogP contribution is 2.34. The van der Waals surface area contributed by atoms with E-state index in [1.54, 1.807) is 0 Å². The average molecular weight is 328 g/mol. The maximum Gasteiger partial charge on any atom is 0.416 e. The third kappa shape index (κ3) is 3.47. The molecule has 0 saturated heterocycles. The molecule has 2 rings (SSSR count). The van der Waals surface area contributed by atoms with Gasteiger partial charge >= 0.3 is 18.1 Å². The number of aromatic carboxylic acids is 2. The van der Waals surface area contributed by atoms with E-state index in [-0.39, 0.29) is 11.1 Å². The van der Waals surface area contributed by atoms with Crippen molar-refractivity contribution in [2.75, 3.05) is 0 Å². The lowest BCUT2D eigenvalue weighted by Crippen LogP contribution is -2.08. The van der Waals surface area contributed by atoms with E-state index in [1.807, 2.05) is 0 Å². The molecule has 2 aromatic rings. The minimum absolute atomic E-state index is 0.0684. The maximum atomic E-state index is 13.7. The van der Waals surface area contributed by atoms with Gasteiger partial charge in [0, 0.05) is 0 Å². The zero-order chi connectivity index (χ0) is 17.4. The molecule has 0 aliphatic heterocycles. The molecule has 0 atom stereocenters. The number of carboxylic acids is 2. The molecule has 0 spiro atoms. The van der Waals surface area contributed by atoms with Gasteiger partial charge in [0.15, 0.2) is 0 Å². The quantitative estimate of drug-likeness (QED) is 0.838. The molecule has 4 nitrogen and oxygen atoms in total. The number of hydrogen-bond acceptors (Lipinski definition) is 2. The second-order valence-electron chi connectivity index (χ2n) is 4.60. The fourth-order valence-electron chi connectivity index (χ4n) is 1.95. The highest BCUT2D eigenvalue weighted by atomic mass is 19.4. The monoisotopic (exact) mass is 328 g/mol. The Bertz CT molecular complexity index is 797. The molecule has 23 heavy (non-hydrogen) atoms. The highest BCUT2D eigenvalue weighted by molar-refractivity contribution is 5.91. The minimum Gasteiger partial charge on any atom is -0.478 e. The van der Waals surface area contributed by atoms with E-state index in [4.69, 9.17) is 10.2 Å². The predicted molar refractivity (Wildman–Crippen MR) is 70.8 cm³/mol. The number of hydrogen-bond donors (Lipinski definition) is 2. The Morgan fingerprint density at radius 2 is 1.52 bits per heavy atom. The number of benzene rings is 2. The number of carboxylic acid groups (broad SMARTS) is 2. The van der Waals surface area contributed by atoms with Crippen LogP contribution in [0.5, 0.6) is 0 Å². The van der Waals surface area contributed by atoms with Crippen LogP contribution in [0.3, 0.4) is 0 Å². The van der Waals surface area contributed by atoms with Crippen molar-refractivity contribution in [1.29, 1.82) is 0 Å². The molecule has 0 saturated carbocycles. The van der Waals surface area contributed by atoms with Gasteiger partial charge in [0.05, 0.1) is 16.7 Å². The summed E-state index contributed by atoms with van der Waals surface area (Å²) < 4.78 is 52.2. The molecule has 2 aromatic carbocycles. The van der Waals surface area contributed by atoms with Crippen molar-refractivity contribution < 1.29 is 37.4 Å². The normalized spacial score (nSPS) is 11.3.